The first-order valence-electron chi connectivity index (χ1n) is 6.51. The van der Waals surface area contributed by atoms with Gasteiger partial charge in [0.15, 0.2) is 5.13 Å². The molecule has 0 aliphatic rings. The molecule has 20 heavy (non-hydrogen) atoms. The molecule has 0 spiro atoms. The Morgan fingerprint density at radius 2 is 2.25 bits per heavy atom. The van der Waals surface area contributed by atoms with E-state index in [-0.39, 0.29) is 16.8 Å². The number of benzene rings is 1. The molecule has 1 amide bonds. The molecule has 2 rings (SSSR count). The number of ether oxygens (including phenoxy) is 1. The lowest BCUT2D eigenvalue weighted by Crippen LogP contribution is -2.21. The summed E-state index contributed by atoms with van der Waals surface area (Å²) in [5.74, 6) is 0.756. The maximum atomic E-state index is 11.8. The number of halogens is 1. The Morgan fingerprint density at radius 1 is 1.50 bits per heavy atom. The van der Waals surface area contributed by atoms with E-state index in [0.717, 1.165) is 22.4 Å². The molecule has 0 aliphatic heterocycles. The van der Waals surface area contributed by atoms with Crippen molar-refractivity contribution < 1.29 is 9.53 Å². The number of rotatable bonds is 5. The minimum absolute atomic E-state index is 0.0646. The molecule has 1 aromatic heterocycles. The predicted molar refractivity (Wildman–Crippen MR) is 87.0 cm³/mol. The van der Waals surface area contributed by atoms with Gasteiger partial charge in [0.25, 0.3) is 0 Å². The third-order valence-electron chi connectivity index (χ3n) is 2.60. The molecule has 6 heteroatoms. The normalized spacial score (nSPS) is 12.7. The van der Waals surface area contributed by atoms with Crippen molar-refractivity contribution in [1.29, 1.82) is 0 Å². The van der Waals surface area contributed by atoms with Gasteiger partial charge < -0.3 is 10.1 Å². The zero-order valence-corrected chi connectivity index (χ0v) is 14.0. The monoisotopic (exact) mass is 356 g/mol. The molecular weight excluding hydrogens is 340 g/mol. The van der Waals surface area contributed by atoms with Crippen molar-refractivity contribution in [3.05, 3.63) is 18.2 Å². The van der Waals surface area contributed by atoms with Gasteiger partial charge in [-0.25, -0.2) is 4.98 Å². The van der Waals surface area contributed by atoms with E-state index in [2.05, 4.69) is 26.2 Å². The number of nitrogens with one attached hydrogen (secondary N) is 1. The highest BCUT2D eigenvalue weighted by Gasteiger charge is 2.14. The van der Waals surface area contributed by atoms with Crippen molar-refractivity contribution in [2.45, 2.75) is 38.1 Å². The van der Waals surface area contributed by atoms with E-state index >= 15 is 0 Å². The lowest BCUT2D eigenvalue weighted by Gasteiger charge is -2.08. The largest absolute Gasteiger partial charge is 0.491 e. The SMILES string of the molecule is CC[C@@H](Br)C(=O)Nc1nc2ccc(OC(C)C)cc2s1. The summed E-state index contributed by atoms with van der Waals surface area (Å²) in [7, 11) is 0. The highest BCUT2D eigenvalue weighted by molar-refractivity contribution is 9.10. The zero-order valence-electron chi connectivity index (χ0n) is 11.6. The van der Waals surface area contributed by atoms with E-state index in [1.807, 2.05) is 39.0 Å². The summed E-state index contributed by atoms with van der Waals surface area (Å²) in [6.45, 7) is 5.93. The van der Waals surface area contributed by atoms with Gasteiger partial charge in [-0.3, -0.25) is 4.79 Å². The van der Waals surface area contributed by atoms with E-state index in [9.17, 15) is 4.79 Å². The number of alkyl halides is 1. The van der Waals surface area contributed by atoms with E-state index in [4.69, 9.17) is 4.74 Å². The molecule has 1 N–H and O–H groups in total. The molecule has 0 aliphatic carbocycles. The first-order chi connectivity index (χ1) is 9.49. The molecule has 1 heterocycles. The lowest BCUT2D eigenvalue weighted by molar-refractivity contribution is -0.115. The lowest BCUT2D eigenvalue weighted by atomic mass is 10.3. The second-order valence-corrected chi connectivity index (χ2v) is 6.82. The van der Waals surface area contributed by atoms with Gasteiger partial charge in [-0.1, -0.05) is 34.2 Å². The highest BCUT2D eigenvalue weighted by atomic mass is 79.9. The van der Waals surface area contributed by atoms with Gasteiger partial charge in [-0.15, -0.1) is 0 Å². The summed E-state index contributed by atoms with van der Waals surface area (Å²) in [4.78, 5) is 16.0. The maximum absolute atomic E-state index is 11.8. The van der Waals surface area contributed by atoms with Gasteiger partial charge >= 0.3 is 0 Å². The van der Waals surface area contributed by atoms with Gasteiger partial charge in [0.2, 0.25) is 5.91 Å². The molecule has 2 aromatic rings. The second kappa shape index (κ2) is 6.54. The standard InChI is InChI=1S/C14H17BrN2O2S/c1-4-10(15)13(18)17-14-16-11-6-5-9(19-8(2)3)7-12(11)20-14/h5-8,10H,4H2,1-3H3,(H,16,17,18)/t10-/m1/s1. The molecule has 0 radical (unpaired) electrons. The van der Waals surface area contributed by atoms with Gasteiger partial charge in [-0.2, -0.15) is 0 Å². The van der Waals surface area contributed by atoms with Crippen LogP contribution in [0.5, 0.6) is 5.75 Å². The number of fused-ring (bicyclic) bond motifs is 1. The minimum atomic E-state index is -0.186. The Labute approximate surface area is 130 Å². The van der Waals surface area contributed by atoms with Crippen molar-refractivity contribution in [3.8, 4) is 5.75 Å². The fourth-order valence-electron chi connectivity index (χ4n) is 1.67. The summed E-state index contributed by atoms with van der Waals surface area (Å²) < 4.78 is 6.65. The second-order valence-electron chi connectivity index (χ2n) is 4.68. The third-order valence-corrected chi connectivity index (χ3v) is 4.60. The summed E-state index contributed by atoms with van der Waals surface area (Å²) in [6, 6.07) is 5.76. The predicted octanol–water partition coefficient (Wildman–Crippen LogP) is 4.20. The summed E-state index contributed by atoms with van der Waals surface area (Å²) in [6.07, 6.45) is 0.876. The molecular formula is C14H17BrN2O2S. The Kier molecular flexibility index (Phi) is 4.99. The number of hydrogen-bond donors (Lipinski definition) is 1. The fourth-order valence-corrected chi connectivity index (χ4v) is 2.68. The smallest absolute Gasteiger partial charge is 0.239 e. The summed E-state index contributed by atoms with van der Waals surface area (Å²) in [5, 5.41) is 3.44. The molecule has 0 fully saturated rings. The van der Waals surface area contributed by atoms with Crippen LogP contribution in [0.2, 0.25) is 0 Å². The van der Waals surface area contributed by atoms with Crippen molar-refractivity contribution in [2.24, 2.45) is 0 Å². The van der Waals surface area contributed by atoms with Gasteiger partial charge in [-0.05, 0) is 38.5 Å². The molecule has 0 saturated heterocycles. The molecule has 1 atom stereocenters. The molecule has 0 bridgehead atoms. The summed E-state index contributed by atoms with van der Waals surface area (Å²) in [5.41, 5.74) is 0.865. The zero-order chi connectivity index (χ0) is 14.7. The van der Waals surface area contributed by atoms with E-state index < -0.39 is 0 Å². The number of aromatic nitrogens is 1. The fraction of sp³-hybridized carbons (Fsp3) is 0.429. The number of carbonyl (C=O) groups excluding carboxylic acids is 1. The van der Waals surface area contributed by atoms with Crippen molar-refractivity contribution in [2.75, 3.05) is 5.32 Å². The highest BCUT2D eigenvalue weighted by Crippen LogP contribution is 2.30. The Bertz CT molecular complexity index is 612. The van der Waals surface area contributed by atoms with Crippen LogP contribution in [0.15, 0.2) is 18.2 Å². The molecule has 4 nitrogen and oxygen atoms in total. The van der Waals surface area contributed by atoms with Crippen LogP contribution >= 0.6 is 27.3 Å². The van der Waals surface area contributed by atoms with Crippen LogP contribution in [0, 0.1) is 0 Å². The van der Waals surface area contributed by atoms with E-state index in [0.29, 0.717) is 5.13 Å². The van der Waals surface area contributed by atoms with E-state index in [1.54, 1.807) is 0 Å². The van der Waals surface area contributed by atoms with Crippen LogP contribution in [0.1, 0.15) is 27.2 Å². The Morgan fingerprint density at radius 3 is 2.90 bits per heavy atom. The topological polar surface area (TPSA) is 51.2 Å². The molecule has 0 unspecified atom stereocenters. The quantitative estimate of drug-likeness (QED) is 0.816. The average molecular weight is 357 g/mol. The van der Waals surface area contributed by atoms with Crippen LogP contribution in [-0.4, -0.2) is 21.8 Å². The molecule has 1 aromatic carbocycles. The van der Waals surface area contributed by atoms with Gasteiger partial charge in [0, 0.05) is 0 Å². The number of anilines is 1. The molecule has 0 saturated carbocycles. The number of amides is 1. The first kappa shape index (κ1) is 15.3. The Hall–Kier alpha value is -1.14. The van der Waals surface area contributed by atoms with Crippen LogP contribution < -0.4 is 10.1 Å². The average Bonchev–Trinajstić information content (AvgIpc) is 2.78. The first-order valence-corrected chi connectivity index (χ1v) is 8.25. The van der Waals surface area contributed by atoms with Crippen LogP contribution in [-0.2, 0) is 4.79 Å². The van der Waals surface area contributed by atoms with Crippen LogP contribution in [0.25, 0.3) is 10.2 Å². The van der Waals surface area contributed by atoms with Gasteiger partial charge in [0.1, 0.15) is 5.75 Å². The van der Waals surface area contributed by atoms with Crippen molar-refractivity contribution >= 4 is 48.5 Å². The number of carbonyl (C=O) groups is 1. The third kappa shape index (κ3) is 3.70. The number of nitrogens with zero attached hydrogens (tertiary/aromatic N) is 1. The minimum Gasteiger partial charge on any atom is -0.491 e. The number of hydrogen-bond acceptors (Lipinski definition) is 4. The van der Waals surface area contributed by atoms with Crippen LogP contribution in [0.4, 0.5) is 5.13 Å². The maximum Gasteiger partial charge on any atom is 0.239 e. The summed E-state index contributed by atoms with van der Waals surface area (Å²) >= 11 is 4.78. The van der Waals surface area contributed by atoms with Crippen molar-refractivity contribution in [1.82, 2.24) is 4.98 Å². The van der Waals surface area contributed by atoms with Gasteiger partial charge in [0.05, 0.1) is 21.1 Å². The molecule has 108 valence electrons. The Balaban J connectivity index is 2.18. The van der Waals surface area contributed by atoms with Crippen LogP contribution in [0.3, 0.4) is 0 Å². The van der Waals surface area contributed by atoms with E-state index in [1.165, 1.54) is 11.3 Å². The number of thiazole rings is 1. The van der Waals surface area contributed by atoms with Crippen molar-refractivity contribution in [3.63, 3.8) is 0 Å².